The van der Waals surface area contributed by atoms with E-state index in [1.807, 2.05) is 6.92 Å². The Bertz CT molecular complexity index is 686. The highest BCUT2D eigenvalue weighted by Gasteiger charge is 2.16. The summed E-state index contributed by atoms with van der Waals surface area (Å²) in [7, 11) is 0. The average molecular weight is 291 g/mol. The van der Waals surface area contributed by atoms with Crippen molar-refractivity contribution in [2.45, 2.75) is 26.9 Å². The van der Waals surface area contributed by atoms with Crippen molar-refractivity contribution >= 4 is 23.3 Å². The second-order valence-corrected chi connectivity index (χ2v) is 4.53. The van der Waals surface area contributed by atoms with Crippen molar-refractivity contribution in [2.24, 2.45) is 5.73 Å². The number of amides is 2. The first-order valence-electron chi connectivity index (χ1n) is 6.37. The average Bonchev–Trinajstić information content (AvgIpc) is 2.93. The molecular weight excluding hydrogens is 274 g/mol. The molecule has 0 atom stereocenters. The van der Waals surface area contributed by atoms with E-state index in [0.29, 0.717) is 12.4 Å². The summed E-state index contributed by atoms with van der Waals surface area (Å²) in [5, 5.41) is 10.6. The van der Waals surface area contributed by atoms with Crippen molar-refractivity contribution in [1.82, 2.24) is 19.6 Å². The summed E-state index contributed by atoms with van der Waals surface area (Å²) >= 11 is 0. The largest absolute Gasteiger partial charge is 0.382 e. The van der Waals surface area contributed by atoms with Crippen molar-refractivity contribution in [1.29, 1.82) is 0 Å². The molecule has 5 N–H and O–H groups in total. The highest BCUT2D eigenvalue weighted by atomic mass is 16.2. The standard InChI is InChI=1S/C12H17N7O2/c1-3-18-5-8(11(17-18)12(14)21)15-10(20)6-19-7(2)4-9(13)16-19/h4-5H,3,6H2,1-2H3,(H2,13,16)(H2,14,21)(H,15,20). The van der Waals surface area contributed by atoms with Crippen LogP contribution in [-0.2, 0) is 17.9 Å². The Morgan fingerprint density at radius 3 is 2.62 bits per heavy atom. The number of nitrogens with two attached hydrogens (primary N) is 2. The number of primary amides is 1. The van der Waals surface area contributed by atoms with E-state index >= 15 is 0 Å². The molecule has 0 radical (unpaired) electrons. The van der Waals surface area contributed by atoms with Crippen LogP contribution in [0.4, 0.5) is 11.5 Å². The van der Waals surface area contributed by atoms with Crippen LogP contribution in [0.25, 0.3) is 0 Å². The number of aromatic nitrogens is 4. The molecule has 2 heterocycles. The van der Waals surface area contributed by atoms with Crippen molar-refractivity contribution in [3.63, 3.8) is 0 Å². The van der Waals surface area contributed by atoms with Gasteiger partial charge in [0.15, 0.2) is 5.69 Å². The van der Waals surface area contributed by atoms with Gasteiger partial charge in [0.25, 0.3) is 5.91 Å². The zero-order valence-corrected chi connectivity index (χ0v) is 11.8. The number of carbonyl (C=O) groups is 2. The molecule has 0 aromatic carbocycles. The molecule has 2 rings (SSSR count). The van der Waals surface area contributed by atoms with Gasteiger partial charge in [0.05, 0.1) is 5.69 Å². The molecule has 0 aliphatic heterocycles. The summed E-state index contributed by atoms with van der Waals surface area (Å²) in [4.78, 5) is 23.3. The molecule has 0 saturated carbocycles. The van der Waals surface area contributed by atoms with E-state index in [9.17, 15) is 9.59 Å². The van der Waals surface area contributed by atoms with Crippen LogP contribution >= 0.6 is 0 Å². The van der Waals surface area contributed by atoms with E-state index in [1.54, 1.807) is 19.2 Å². The molecule has 0 aliphatic carbocycles. The highest BCUT2D eigenvalue weighted by molar-refractivity contribution is 6.01. The van der Waals surface area contributed by atoms with E-state index in [-0.39, 0.29) is 23.8 Å². The summed E-state index contributed by atoms with van der Waals surface area (Å²) < 4.78 is 2.99. The van der Waals surface area contributed by atoms with Gasteiger partial charge in [0, 0.05) is 24.5 Å². The molecule has 2 aromatic rings. The second kappa shape index (κ2) is 5.65. The minimum Gasteiger partial charge on any atom is -0.382 e. The van der Waals surface area contributed by atoms with E-state index in [0.717, 1.165) is 5.69 Å². The van der Waals surface area contributed by atoms with Gasteiger partial charge in [-0.05, 0) is 13.8 Å². The molecule has 2 aromatic heterocycles. The molecule has 0 saturated heterocycles. The summed E-state index contributed by atoms with van der Waals surface area (Å²) in [6, 6.07) is 1.66. The number of nitrogens with one attached hydrogen (secondary N) is 1. The van der Waals surface area contributed by atoms with Gasteiger partial charge in [-0.25, -0.2) is 0 Å². The lowest BCUT2D eigenvalue weighted by Crippen LogP contribution is -2.22. The first-order chi connectivity index (χ1) is 9.90. The smallest absolute Gasteiger partial charge is 0.271 e. The third-order valence-corrected chi connectivity index (χ3v) is 2.89. The molecule has 112 valence electrons. The monoisotopic (exact) mass is 291 g/mol. The van der Waals surface area contributed by atoms with Gasteiger partial charge in [0.1, 0.15) is 12.4 Å². The van der Waals surface area contributed by atoms with Gasteiger partial charge in [-0.1, -0.05) is 0 Å². The Morgan fingerprint density at radius 1 is 1.38 bits per heavy atom. The maximum absolute atomic E-state index is 12.0. The van der Waals surface area contributed by atoms with Crippen molar-refractivity contribution < 1.29 is 9.59 Å². The van der Waals surface area contributed by atoms with Gasteiger partial charge in [0.2, 0.25) is 5.91 Å². The molecule has 21 heavy (non-hydrogen) atoms. The normalized spacial score (nSPS) is 10.6. The van der Waals surface area contributed by atoms with Crippen LogP contribution < -0.4 is 16.8 Å². The quantitative estimate of drug-likeness (QED) is 0.697. The van der Waals surface area contributed by atoms with E-state index in [1.165, 1.54) is 9.36 Å². The summed E-state index contributed by atoms with van der Waals surface area (Å²) in [5.74, 6) is -0.701. The molecule has 2 amide bonds. The Hall–Kier alpha value is -2.84. The predicted octanol–water partition coefficient (Wildman–Crippen LogP) is -0.272. The van der Waals surface area contributed by atoms with Crippen LogP contribution in [0, 0.1) is 6.92 Å². The van der Waals surface area contributed by atoms with Gasteiger partial charge in [-0.2, -0.15) is 10.2 Å². The third kappa shape index (κ3) is 3.19. The van der Waals surface area contributed by atoms with Gasteiger partial charge in [-0.3, -0.25) is 19.0 Å². The lowest BCUT2D eigenvalue weighted by molar-refractivity contribution is -0.116. The lowest BCUT2D eigenvalue weighted by atomic mass is 10.3. The number of rotatable bonds is 5. The van der Waals surface area contributed by atoms with Gasteiger partial charge >= 0.3 is 0 Å². The number of nitrogens with zero attached hydrogens (tertiary/aromatic N) is 4. The van der Waals surface area contributed by atoms with Crippen molar-refractivity contribution in [3.05, 3.63) is 23.7 Å². The summed E-state index contributed by atoms with van der Waals surface area (Å²) in [6.07, 6.45) is 1.56. The maximum Gasteiger partial charge on any atom is 0.271 e. The lowest BCUT2D eigenvalue weighted by Gasteiger charge is -2.05. The zero-order valence-electron chi connectivity index (χ0n) is 11.8. The fourth-order valence-electron chi connectivity index (χ4n) is 1.88. The molecule has 9 heteroatoms. The number of hydrogen-bond donors (Lipinski definition) is 3. The summed E-state index contributed by atoms with van der Waals surface area (Å²) in [5.41, 5.74) is 11.9. The molecule has 9 nitrogen and oxygen atoms in total. The van der Waals surface area contributed by atoms with Crippen molar-refractivity contribution in [3.8, 4) is 0 Å². The predicted molar refractivity (Wildman–Crippen MR) is 76.4 cm³/mol. The Balaban J connectivity index is 2.14. The number of aryl methyl sites for hydroxylation is 2. The number of anilines is 2. The van der Waals surface area contributed by atoms with E-state index < -0.39 is 5.91 Å². The third-order valence-electron chi connectivity index (χ3n) is 2.89. The number of carbonyl (C=O) groups excluding carboxylic acids is 2. The van der Waals surface area contributed by atoms with Crippen LogP contribution in [0.15, 0.2) is 12.3 Å². The fourth-order valence-corrected chi connectivity index (χ4v) is 1.88. The molecule has 0 aliphatic rings. The second-order valence-electron chi connectivity index (χ2n) is 4.53. The van der Waals surface area contributed by atoms with Crippen molar-refractivity contribution in [2.75, 3.05) is 11.1 Å². The van der Waals surface area contributed by atoms with Crippen LogP contribution in [0.3, 0.4) is 0 Å². The van der Waals surface area contributed by atoms with Crippen LogP contribution in [-0.4, -0.2) is 31.4 Å². The van der Waals surface area contributed by atoms with Gasteiger partial charge < -0.3 is 16.8 Å². The number of hydrogen-bond acceptors (Lipinski definition) is 5. The Morgan fingerprint density at radius 2 is 2.10 bits per heavy atom. The molecule has 0 bridgehead atoms. The van der Waals surface area contributed by atoms with Crippen LogP contribution in [0.2, 0.25) is 0 Å². The minimum atomic E-state index is -0.697. The molecular formula is C12H17N7O2. The first kappa shape index (κ1) is 14.6. The fraction of sp³-hybridized carbons (Fsp3) is 0.333. The first-order valence-corrected chi connectivity index (χ1v) is 6.37. The molecule has 0 spiro atoms. The van der Waals surface area contributed by atoms with E-state index in [4.69, 9.17) is 11.5 Å². The topological polar surface area (TPSA) is 134 Å². The SMILES string of the molecule is CCn1cc(NC(=O)Cn2nc(N)cc2C)c(C(N)=O)n1. The number of nitrogen functional groups attached to an aromatic ring is 1. The van der Waals surface area contributed by atoms with Crippen LogP contribution in [0.5, 0.6) is 0 Å². The molecule has 0 unspecified atom stereocenters. The zero-order chi connectivity index (χ0) is 15.6. The van der Waals surface area contributed by atoms with Crippen LogP contribution in [0.1, 0.15) is 23.1 Å². The molecule has 0 fully saturated rings. The summed E-state index contributed by atoms with van der Waals surface area (Å²) in [6.45, 7) is 4.20. The Kier molecular flexibility index (Phi) is 3.92. The highest BCUT2D eigenvalue weighted by Crippen LogP contribution is 2.13. The minimum absolute atomic E-state index is 0.0153. The van der Waals surface area contributed by atoms with E-state index in [2.05, 4.69) is 15.5 Å². The Labute approximate surface area is 120 Å². The maximum atomic E-state index is 12.0. The van der Waals surface area contributed by atoms with Gasteiger partial charge in [-0.15, -0.1) is 0 Å².